The van der Waals surface area contributed by atoms with Crippen LogP contribution in [0.15, 0.2) is 15.0 Å². The van der Waals surface area contributed by atoms with E-state index in [0.717, 1.165) is 44.9 Å². The van der Waals surface area contributed by atoms with Gasteiger partial charge >= 0.3 is 0 Å². The van der Waals surface area contributed by atoms with Crippen molar-refractivity contribution in [2.45, 2.75) is 103 Å². The van der Waals surface area contributed by atoms with E-state index in [2.05, 4.69) is 21.9 Å². The molecule has 6 heteroatoms. The molecule has 0 aromatic rings. The summed E-state index contributed by atoms with van der Waals surface area (Å²) >= 11 is 0. The van der Waals surface area contributed by atoms with E-state index in [9.17, 15) is 14.4 Å². The van der Waals surface area contributed by atoms with Crippen molar-refractivity contribution in [1.29, 1.82) is 0 Å². The molecule has 158 valence electrons. The molecule has 0 aliphatic carbocycles. The van der Waals surface area contributed by atoms with Gasteiger partial charge in [-0.3, -0.25) is 0 Å². The summed E-state index contributed by atoms with van der Waals surface area (Å²) in [5.41, 5.74) is 0. The first kappa shape index (κ1) is 26.1. The van der Waals surface area contributed by atoms with E-state index in [4.69, 9.17) is 0 Å². The summed E-state index contributed by atoms with van der Waals surface area (Å²) in [4.78, 5) is 42.4. The van der Waals surface area contributed by atoms with Gasteiger partial charge in [0.2, 0.25) is 18.2 Å². The maximum atomic E-state index is 10.7. The SMILES string of the molecule is CCCCCCCCCCC(CCCC(CCCN=C=O)CN=C=O)N=C=O. The second kappa shape index (κ2) is 21.4. The lowest BCUT2D eigenvalue weighted by atomic mass is 9.94. The van der Waals surface area contributed by atoms with Crippen LogP contribution in [-0.2, 0) is 14.4 Å². The Labute approximate surface area is 170 Å². The normalized spacial score (nSPS) is 12.3. The van der Waals surface area contributed by atoms with Crippen molar-refractivity contribution in [3.05, 3.63) is 0 Å². The largest absolute Gasteiger partial charge is 0.235 e. The molecule has 0 N–H and O–H groups in total. The molecule has 0 fully saturated rings. The van der Waals surface area contributed by atoms with Crippen LogP contribution in [0.1, 0.15) is 96.8 Å². The van der Waals surface area contributed by atoms with E-state index in [1.807, 2.05) is 0 Å². The van der Waals surface area contributed by atoms with E-state index in [1.165, 1.54) is 51.0 Å². The molecular formula is C22H37N3O3. The van der Waals surface area contributed by atoms with Crippen LogP contribution in [0.4, 0.5) is 0 Å². The van der Waals surface area contributed by atoms with Crippen molar-refractivity contribution < 1.29 is 14.4 Å². The minimum absolute atomic E-state index is 0.0486. The lowest BCUT2D eigenvalue weighted by Crippen LogP contribution is -2.09. The van der Waals surface area contributed by atoms with Gasteiger partial charge in [0.05, 0.1) is 19.1 Å². The highest BCUT2D eigenvalue weighted by Crippen LogP contribution is 2.20. The highest BCUT2D eigenvalue weighted by molar-refractivity contribution is 5.33. The summed E-state index contributed by atoms with van der Waals surface area (Å²) in [6, 6.07) is 0.0486. The number of aliphatic imine (C=N–C) groups is 3. The van der Waals surface area contributed by atoms with Crippen LogP contribution in [0.2, 0.25) is 0 Å². The van der Waals surface area contributed by atoms with E-state index < -0.39 is 0 Å². The number of nitrogens with zero attached hydrogens (tertiary/aromatic N) is 3. The fraction of sp³-hybridized carbons (Fsp3) is 0.864. The monoisotopic (exact) mass is 391 g/mol. The molecule has 0 radical (unpaired) electrons. The van der Waals surface area contributed by atoms with Gasteiger partial charge in [-0.1, -0.05) is 64.7 Å². The lowest BCUT2D eigenvalue weighted by Gasteiger charge is -2.15. The number of hydrogen-bond acceptors (Lipinski definition) is 6. The van der Waals surface area contributed by atoms with Crippen LogP contribution in [-0.4, -0.2) is 37.4 Å². The van der Waals surface area contributed by atoms with Crippen LogP contribution < -0.4 is 0 Å². The zero-order valence-corrected chi connectivity index (χ0v) is 17.5. The van der Waals surface area contributed by atoms with Crippen LogP contribution in [0.25, 0.3) is 0 Å². The second-order valence-corrected chi connectivity index (χ2v) is 7.48. The van der Waals surface area contributed by atoms with Gasteiger partial charge in [-0.15, -0.1) is 0 Å². The van der Waals surface area contributed by atoms with Gasteiger partial charge < -0.3 is 0 Å². The molecule has 0 saturated carbocycles. The third kappa shape index (κ3) is 17.5. The van der Waals surface area contributed by atoms with Crippen LogP contribution in [0.5, 0.6) is 0 Å². The Morgan fingerprint density at radius 2 is 1.25 bits per heavy atom. The first-order valence-corrected chi connectivity index (χ1v) is 10.9. The quantitative estimate of drug-likeness (QED) is 0.157. The molecule has 0 spiro atoms. The van der Waals surface area contributed by atoms with E-state index in [-0.39, 0.29) is 12.0 Å². The number of carbonyl (C=O) groups excluding carboxylic acids is 3. The Balaban J connectivity index is 4.06. The van der Waals surface area contributed by atoms with Gasteiger partial charge in [0.15, 0.2) is 0 Å². The van der Waals surface area contributed by atoms with Crippen LogP contribution in [0.3, 0.4) is 0 Å². The highest BCUT2D eigenvalue weighted by atomic mass is 16.1. The molecule has 2 atom stereocenters. The summed E-state index contributed by atoms with van der Waals surface area (Å²) in [7, 11) is 0. The Morgan fingerprint density at radius 3 is 1.89 bits per heavy atom. The molecule has 6 nitrogen and oxygen atoms in total. The third-order valence-corrected chi connectivity index (χ3v) is 5.14. The third-order valence-electron chi connectivity index (χ3n) is 5.14. The van der Waals surface area contributed by atoms with Gasteiger partial charge in [-0.05, 0) is 38.0 Å². The average molecular weight is 392 g/mol. The number of hydrogen-bond donors (Lipinski definition) is 0. The summed E-state index contributed by atoms with van der Waals surface area (Å²) in [5.74, 6) is 0.271. The van der Waals surface area contributed by atoms with Gasteiger partial charge in [-0.2, -0.15) is 0 Å². The molecule has 0 aromatic heterocycles. The van der Waals surface area contributed by atoms with Gasteiger partial charge in [0.25, 0.3) is 0 Å². The van der Waals surface area contributed by atoms with Crippen LogP contribution >= 0.6 is 0 Å². The summed E-state index contributed by atoms with van der Waals surface area (Å²) in [6.45, 7) is 3.14. The van der Waals surface area contributed by atoms with Gasteiger partial charge in [0.1, 0.15) is 0 Å². The molecule has 28 heavy (non-hydrogen) atoms. The van der Waals surface area contributed by atoms with Crippen molar-refractivity contribution >= 4 is 18.2 Å². The van der Waals surface area contributed by atoms with Crippen molar-refractivity contribution in [2.75, 3.05) is 13.1 Å². The lowest BCUT2D eigenvalue weighted by molar-refractivity contribution is 0.407. The van der Waals surface area contributed by atoms with Crippen molar-refractivity contribution in [3.63, 3.8) is 0 Å². The van der Waals surface area contributed by atoms with Crippen molar-refractivity contribution in [1.82, 2.24) is 0 Å². The average Bonchev–Trinajstić information content (AvgIpc) is 2.70. The molecule has 0 rings (SSSR count). The molecular weight excluding hydrogens is 354 g/mol. The molecule has 0 aromatic carbocycles. The number of unbranched alkanes of at least 4 members (excludes halogenated alkanes) is 7. The smallest absolute Gasteiger partial charge is 0.211 e. The summed E-state index contributed by atoms with van der Waals surface area (Å²) in [5, 5.41) is 0. The standard InChI is InChI=1S/C22H37N3O3/c1-2-3-4-5-6-7-8-9-14-22(25-20-28)15-10-12-21(17-24-19-27)13-11-16-23-18-26/h21-22H,2-17H2,1H3. The predicted molar refractivity (Wildman–Crippen MR) is 112 cm³/mol. The highest BCUT2D eigenvalue weighted by Gasteiger charge is 2.11. The minimum Gasteiger partial charge on any atom is -0.211 e. The Bertz CT molecular complexity index is 505. The zero-order chi connectivity index (χ0) is 20.7. The van der Waals surface area contributed by atoms with Gasteiger partial charge in [-0.25, -0.2) is 29.4 Å². The van der Waals surface area contributed by atoms with Crippen molar-refractivity contribution in [2.24, 2.45) is 20.9 Å². The maximum Gasteiger partial charge on any atom is 0.235 e. The zero-order valence-electron chi connectivity index (χ0n) is 17.5. The Hall–Kier alpha value is -1.86. The van der Waals surface area contributed by atoms with E-state index in [0.29, 0.717) is 13.1 Å². The molecule has 0 aliphatic heterocycles. The van der Waals surface area contributed by atoms with E-state index >= 15 is 0 Å². The molecule has 0 aliphatic rings. The molecule has 0 heterocycles. The summed E-state index contributed by atoms with van der Waals surface area (Å²) < 4.78 is 0. The minimum atomic E-state index is 0.0486. The predicted octanol–water partition coefficient (Wildman–Crippen LogP) is 5.46. The number of isocyanates is 3. The maximum absolute atomic E-state index is 10.7. The fourth-order valence-corrected chi connectivity index (χ4v) is 3.50. The Morgan fingerprint density at radius 1 is 0.643 bits per heavy atom. The number of rotatable bonds is 20. The molecule has 0 saturated heterocycles. The summed E-state index contributed by atoms with van der Waals surface area (Å²) in [6.07, 6.45) is 20.3. The van der Waals surface area contributed by atoms with Crippen LogP contribution in [0, 0.1) is 5.92 Å². The molecule has 2 unspecified atom stereocenters. The van der Waals surface area contributed by atoms with Gasteiger partial charge in [0, 0.05) is 0 Å². The Kier molecular flexibility index (Phi) is 20.0. The second-order valence-electron chi connectivity index (χ2n) is 7.48. The molecule has 0 bridgehead atoms. The van der Waals surface area contributed by atoms with Crippen molar-refractivity contribution in [3.8, 4) is 0 Å². The molecule has 0 amide bonds. The van der Waals surface area contributed by atoms with E-state index in [1.54, 1.807) is 12.2 Å². The fourth-order valence-electron chi connectivity index (χ4n) is 3.50. The topological polar surface area (TPSA) is 88.3 Å². The first-order chi connectivity index (χ1) is 13.8. The first-order valence-electron chi connectivity index (χ1n) is 10.9.